The molecule has 0 spiro atoms. The zero-order valence-corrected chi connectivity index (χ0v) is 6.87. The summed E-state index contributed by atoms with van der Waals surface area (Å²) in [6.07, 6.45) is 3.54. The molecule has 0 aliphatic heterocycles. The normalized spacial score (nSPS) is 10.9. The van der Waals surface area contributed by atoms with Crippen LogP contribution < -0.4 is 5.32 Å². The number of rotatable bonds is 3. The summed E-state index contributed by atoms with van der Waals surface area (Å²) in [7, 11) is 1.69. The van der Waals surface area contributed by atoms with E-state index in [1.54, 1.807) is 19.4 Å². The lowest BCUT2D eigenvalue weighted by Crippen LogP contribution is -2.05. The lowest BCUT2D eigenvalue weighted by molar-refractivity contribution is 0.559. The molecule has 1 radical (unpaired) electrons. The molecule has 2 heteroatoms. The van der Waals surface area contributed by atoms with Crippen molar-refractivity contribution in [2.75, 3.05) is 7.05 Å². The molecule has 2 nitrogen and oxygen atoms in total. The maximum absolute atomic E-state index is 10.3. The van der Waals surface area contributed by atoms with Gasteiger partial charge in [0.15, 0.2) is 0 Å². The van der Waals surface area contributed by atoms with Crippen molar-refractivity contribution in [2.45, 2.75) is 0 Å². The molecule has 0 atom stereocenters. The van der Waals surface area contributed by atoms with Crippen LogP contribution in [0.3, 0.4) is 0 Å². The van der Waals surface area contributed by atoms with Crippen LogP contribution in [0.2, 0.25) is 0 Å². The molecule has 1 rings (SSSR count). The van der Waals surface area contributed by atoms with Crippen LogP contribution in [-0.2, 0) is 4.79 Å². The maximum atomic E-state index is 10.3. The fourth-order valence-electron chi connectivity index (χ4n) is 0.869. The first-order valence-electron chi connectivity index (χ1n) is 3.69. The number of likely N-dealkylation sites (N-methyl/N-ethyl adjacent to an activating group) is 1. The topological polar surface area (TPSA) is 29.1 Å². The molecule has 1 aromatic rings. The Bertz CT molecular complexity index is 277. The Kier molecular flexibility index (Phi) is 3.08. The van der Waals surface area contributed by atoms with Crippen molar-refractivity contribution < 1.29 is 4.79 Å². The smallest absolute Gasteiger partial charge is 0.250 e. The SMILES string of the molecule is CNC([C]=O)=Cc1ccccc1. The maximum Gasteiger partial charge on any atom is 0.250 e. The summed E-state index contributed by atoms with van der Waals surface area (Å²) in [6.45, 7) is 0. The third-order valence-corrected chi connectivity index (χ3v) is 1.49. The number of allylic oxidation sites excluding steroid dienone is 1. The summed E-state index contributed by atoms with van der Waals surface area (Å²) in [4.78, 5) is 10.3. The minimum absolute atomic E-state index is 0.459. The highest BCUT2D eigenvalue weighted by molar-refractivity contribution is 5.81. The minimum atomic E-state index is 0.459. The Morgan fingerprint density at radius 2 is 2.08 bits per heavy atom. The molecule has 1 aromatic carbocycles. The summed E-state index contributed by atoms with van der Waals surface area (Å²) < 4.78 is 0. The van der Waals surface area contributed by atoms with Crippen LogP contribution in [-0.4, -0.2) is 13.3 Å². The van der Waals surface area contributed by atoms with E-state index in [2.05, 4.69) is 5.32 Å². The van der Waals surface area contributed by atoms with Crippen molar-refractivity contribution in [1.29, 1.82) is 0 Å². The van der Waals surface area contributed by atoms with Crippen LogP contribution in [0, 0.1) is 0 Å². The van der Waals surface area contributed by atoms with Crippen molar-refractivity contribution in [2.24, 2.45) is 0 Å². The molecule has 0 saturated carbocycles. The average Bonchev–Trinajstić information content (AvgIpc) is 2.16. The highest BCUT2D eigenvalue weighted by atomic mass is 16.1. The second-order valence-electron chi connectivity index (χ2n) is 2.32. The Labute approximate surface area is 71.9 Å². The molecular weight excluding hydrogens is 150 g/mol. The molecule has 0 bridgehead atoms. The second kappa shape index (κ2) is 4.34. The van der Waals surface area contributed by atoms with Crippen molar-refractivity contribution in [1.82, 2.24) is 5.32 Å². The van der Waals surface area contributed by atoms with E-state index < -0.39 is 0 Å². The van der Waals surface area contributed by atoms with E-state index >= 15 is 0 Å². The van der Waals surface area contributed by atoms with Gasteiger partial charge in [-0.25, -0.2) is 0 Å². The number of nitrogens with one attached hydrogen (secondary N) is 1. The van der Waals surface area contributed by atoms with Gasteiger partial charge in [0.25, 0.3) is 6.29 Å². The molecule has 1 N–H and O–H groups in total. The second-order valence-corrected chi connectivity index (χ2v) is 2.32. The van der Waals surface area contributed by atoms with E-state index in [4.69, 9.17) is 0 Å². The van der Waals surface area contributed by atoms with Gasteiger partial charge in [0.2, 0.25) is 0 Å². The van der Waals surface area contributed by atoms with E-state index in [0.717, 1.165) is 5.56 Å². The van der Waals surface area contributed by atoms with Crippen molar-refractivity contribution in [3.63, 3.8) is 0 Å². The highest BCUT2D eigenvalue weighted by Gasteiger charge is 1.91. The zero-order valence-electron chi connectivity index (χ0n) is 6.87. The third-order valence-electron chi connectivity index (χ3n) is 1.49. The fraction of sp³-hybridized carbons (Fsp3) is 0.100. The lowest BCUT2D eigenvalue weighted by atomic mass is 10.2. The molecule has 0 saturated heterocycles. The summed E-state index contributed by atoms with van der Waals surface area (Å²) in [5.74, 6) is 0. The van der Waals surface area contributed by atoms with Gasteiger partial charge in [-0.2, -0.15) is 0 Å². The van der Waals surface area contributed by atoms with Gasteiger partial charge in [0.1, 0.15) is 0 Å². The molecule has 0 fully saturated rings. The predicted octanol–water partition coefficient (Wildman–Crippen LogP) is 1.36. The molecule has 0 amide bonds. The largest absolute Gasteiger partial charge is 0.385 e. The van der Waals surface area contributed by atoms with Crippen LogP contribution in [0.4, 0.5) is 0 Å². The summed E-state index contributed by atoms with van der Waals surface area (Å²) in [5.41, 5.74) is 1.45. The van der Waals surface area contributed by atoms with E-state index in [9.17, 15) is 4.79 Å². The van der Waals surface area contributed by atoms with Crippen molar-refractivity contribution in [3.8, 4) is 0 Å². The van der Waals surface area contributed by atoms with Gasteiger partial charge in [-0.05, 0) is 11.6 Å². The van der Waals surface area contributed by atoms with Gasteiger partial charge in [0, 0.05) is 7.05 Å². The quantitative estimate of drug-likeness (QED) is 0.676. The first-order chi connectivity index (χ1) is 5.86. The molecule has 0 heterocycles. The Balaban J connectivity index is 2.86. The average molecular weight is 160 g/mol. The number of benzene rings is 1. The predicted molar refractivity (Wildman–Crippen MR) is 49.2 cm³/mol. The van der Waals surface area contributed by atoms with Crippen molar-refractivity contribution in [3.05, 3.63) is 41.6 Å². The number of hydrogen-bond acceptors (Lipinski definition) is 2. The summed E-state index contributed by atoms with van der Waals surface area (Å²) in [5, 5.41) is 2.74. The van der Waals surface area contributed by atoms with Gasteiger partial charge >= 0.3 is 0 Å². The first-order valence-corrected chi connectivity index (χ1v) is 3.69. The summed E-state index contributed by atoms with van der Waals surface area (Å²) >= 11 is 0. The third kappa shape index (κ3) is 2.23. The minimum Gasteiger partial charge on any atom is -0.385 e. The van der Waals surface area contributed by atoms with E-state index in [1.807, 2.05) is 30.3 Å². The number of carbonyl (C=O) groups excluding carboxylic acids is 1. The lowest BCUT2D eigenvalue weighted by Gasteiger charge is -1.96. The first kappa shape index (κ1) is 8.53. The van der Waals surface area contributed by atoms with Gasteiger partial charge in [0.05, 0.1) is 5.70 Å². The van der Waals surface area contributed by atoms with E-state index in [1.165, 1.54) is 0 Å². The van der Waals surface area contributed by atoms with Crippen LogP contribution in [0.15, 0.2) is 36.0 Å². The van der Waals surface area contributed by atoms with Gasteiger partial charge in [-0.1, -0.05) is 30.3 Å². The fourth-order valence-corrected chi connectivity index (χ4v) is 0.869. The Morgan fingerprint density at radius 3 is 2.58 bits per heavy atom. The molecule has 0 aliphatic rings. The van der Waals surface area contributed by atoms with Crippen LogP contribution >= 0.6 is 0 Å². The monoisotopic (exact) mass is 160 g/mol. The Morgan fingerprint density at radius 1 is 1.42 bits per heavy atom. The van der Waals surface area contributed by atoms with E-state index in [0.29, 0.717) is 5.70 Å². The molecule has 0 aliphatic carbocycles. The molecule has 0 aromatic heterocycles. The van der Waals surface area contributed by atoms with Crippen LogP contribution in [0.5, 0.6) is 0 Å². The molecule has 61 valence electrons. The number of hydrogen-bond donors (Lipinski definition) is 1. The highest BCUT2D eigenvalue weighted by Crippen LogP contribution is 2.02. The van der Waals surface area contributed by atoms with Crippen molar-refractivity contribution >= 4 is 12.4 Å². The van der Waals surface area contributed by atoms with Gasteiger partial charge in [-0.3, -0.25) is 4.79 Å². The standard InChI is InChI=1S/C10H10NO/c1-11-10(8-12)7-9-5-3-2-4-6-9/h2-7,11H,1H3. The Hall–Kier alpha value is -1.57. The molecular formula is C10H10NO. The molecule has 12 heavy (non-hydrogen) atoms. The van der Waals surface area contributed by atoms with E-state index in [-0.39, 0.29) is 0 Å². The van der Waals surface area contributed by atoms with Gasteiger partial charge < -0.3 is 5.32 Å². The summed E-state index contributed by atoms with van der Waals surface area (Å²) in [6, 6.07) is 9.62. The van der Waals surface area contributed by atoms with Crippen LogP contribution in [0.1, 0.15) is 5.56 Å². The van der Waals surface area contributed by atoms with Crippen LogP contribution in [0.25, 0.3) is 6.08 Å². The zero-order chi connectivity index (χ0) is 8.81. The molecule has 0 unspecified atom stereocenters. The van der Waals surface area contributed by atoms with Gasteiger partial charge in [-0.15, -0.1) is 0 Å².